The number of aromatic nitrogens is 1. The van der Waals surface area contributed by atoms with Crippen molar-refractivity contribution in [1.82, 2.24) is 4.57 Å². The molecule has 0 aliphatic rings. The Morgan fingerprint density at radius 3 is 2.42 bits per heavy atom. The molecule has 0 unspecified atom stereocenters. The summed E-state index contributed by atoms with van der Waals surface area (Å²) in [5.74, 6) is -0.328. The zero-order valence-electron chi connectivity index (χ0n) is 14.5. The van der Waals surface area contributed by atoms with Crippen LogP contribution in [0.5, 0.6) is 5.88 Å². The largest absolute Gasteiger partial charge is 0.493 e. The normalized spacial score (nSPS) is 11.0. The summed E-state index contributed by atoms with van der Waals surface area (Å²) in [6.45, 7) is 5.47. The van der Waals surface area contributed by atoms with Gasteiger partial charge >= 0.3 is 0 Å². The van der Waals surface area contributed by atoms with Crippen LogP contribution in [0.25, 0.3) is 0 Å². The number of nitrogens with zero attached hydrogens (tertiary/aromatic N) is 5. The average Bonchev–Trinajstić information content (AvgIpc) is 2.59. The highest BCUT2D eigenvalue weighted by Gasteiger charge is 2.19. The molecule has 0 fully saturated rings. The van der Waals surface area contributed by atoms with Crippen molar-refractivity contribution in [3.8, 4) is 11.9 Å². The predicted octanol–water partition coefficient (Wildman–Crippen LogP) is 3.71. The van der Waals surface area contributed by atoms with E-state index < -0.39 is 16.4 Å². The van der Waals surface area contributed by atoms with Gasteiger partial charge in [0.2, 0.25) is 5.88 Å². The van der Waals surface area contributed by atoms with Crippen LogP contribution in [0.3, 0.4) is 0 Å². The highest BCUT2D eigenvalue weighted by Crippen LogP contribution is 2.27. The molecule has 2 rings (SSSR count). The second-order valence-corrected chi connectivity index (χ2v) is 6.07. The number of benzene rings is 1. The van der Waals surface area contributed by atoms with Crippen LogP contribution in [0.15, 0.2) is 39.3 Å². The zero-order chi connectivity index (χ0) is 19.4. The Morgan fingerprint density at radius 2 is 1.92 bits per heavy atom. The van der Waals surface area contributed by atoms with Gasteiger partial charge in [0.1, 0.15) is 11.6 Å². The van der Waals surface area contributed by atoms with Gasteiger partial charge in [0, 0.05) is 24.2 Å². The van der Waals surface area contributed by atoms with Gasteiger partial charge in [-0.05, 0) is 25.0 Å². The topological polar surface area (TPSA) is 134 Å². The third-order valence-corrected chi connectivity index (χ3v) is 3.64. The average molecular weight is 355 g/mol. The number of hydrogen-bond donors (Lipinski definition) is 1. The number of nitro groups is 1. The minimum Gasteiger partial charge on any atom is -0.493 e. The van der Waals surface area contributed by atoms with E-state index in [1.165, 1.54) is 31.2 Å². The van der Waals surface area contributed by atoms with Crippen LogP contribution in [-0.4, -0.2) is 14.6 Å². The standard InChI is InChI=1S/C17H17N5O4/c1-10(2)9-21-16(23)14(8-18)11(3)15(17(21)24)20-19-12-4-6-13(7-5-12)22(25)26/h4-7,10,23H,9H2,1-3H3. The summed E-state index contributed by atoms with van der Waals surface area (Å²) in [5.41, 5.74) is -0.201. The van der Waals surface area contributed by atoms with E-state index in [-0.39, 0.29) is 35.0 Å². The minimum absolute atomic E-state index is 0.0390. The number of nitro benzene ring substituents is 1. The van der Waals surface area contributed by atoms with E-state index in [2.05, 4.69) is 10.2 Å². The Balaban J connectivity index is 2.53. The van der Waals surface area contributed by atoms with Crippen LogP contribution in [-0.2, 0) is 6.54 Å². The molecule has 0 amide bonds. The maximum Gasteiger partial charge on any atom is 0.281 e. The van der Waals surface area contributed by atoms with Crippen molar-refractivity contribution in [1.29, 1.82) is 5.26 Å². The smallest absolute Gasteiger partial charge is 0.281 e. The number of aromatic hydroxyl groups is 1. The van der Waals surface area contributed by atoms with Crippen LogP contribution < -0.4 is 5.56 Å². The first-order valence-corrected chi connectivity index (χ1v) is 7.79. The Hall–Kier alpha value is -3.54. The van der Waals surface area contributed by atoms with E-state index in [1.54, 1.807) is 0 Å². The molecule has 0 radical (unpaired) electrons. The highest BCUT2D eigenvalue weighted by atomic mass is 16.6. The van der Waals surface area contributed by atoms with Crippen molar-refractivity contribution >= 4 is 17.1 Å². The Morgan fingerprint density at radius 1 is 1.31 bits per heavy atom. The summed E-state index contributed by atoms with van der Waals surface area (Å²) in [7, 11) is 0. The van der Waals surface area contributed by atoms with E-state index in [1.807, 2.05) is 19.9 Å². The van der Waals surface area contributed by atoms with E-state index in [0.717, 1.165) is 4.57 Å². The molecule has 134 valence electrons. The first kappa shape index (κ1) is 18.8. The van der Waals surface area contributed by atoms with Crippen LogP contribution in [0.2, 0.25) is 0 Å². The molecule has 9 nitrogen and oxygen atoms in total. The minimum atomic E-state index is -0.557. The molecule has 0 aliphatic heterocycles. The Kier molecular flexibility index (Phi) is 5.47. The van der Waals surface area contributed by atoms with Crippen LogP contribution >= 0.6 is 0 Å². The van der Waals surface area contributed by atoms with Gasteiger partial charge in [-0.1, -0.05) is 13.8 Å². The molecule has 1 aromatic heterocycles. The summed E-state index contributed by atoms with van der Waals surface area (Å²) in [5, 5.41) is 38.0. The quantitative estimate of drug-likeness (QED) is 0.495. The molecule has 0 saturated carbocycles. The van der Waals surface area contributed by atoms with Crippen LogP contribution in [0, 0.1) is 34.3 Å². The Labute approximate surface area is 149 Å². The lowest BCUT2D eigenvalue weighted by Gasteiger charge is -2.14. The molecule has 1 heterocycles. The molecular weight excluding hydrogens is 338 g/mol. The number of hydrogen-bond acceptors (Lipinski definition) is 7. The van der Waals surface area contributed by atoms with Gasteiger partial charge in [0.05, 0.1) is 10.6 Å². The summed E-state index contributed by atoms with van der Waals surface area (Å²) in [6, 6.07) is 7.22. The van der Waals surface area contributed by atoms with Crippen molar-refractivity contribution in [3.63, 3.8) is 0 Å². The maximum atomic E-state index is 12.6. The first-order valence-electron chi connectivity index (χ1n) is 7.79. The lowest BCUT2D eigenvalue weighted by molar-refractivity contribution is -0.384. The fourth-order valence-electron chi connectivity index (χ4n) is 2.34. The number of non-ortho nitro benzene ring substituents is 1. The molecule has 0 bridgehead atoms. The van der Waals surface area contributed by atoms with Gasteiger partial charge in [-0.15, -0.1) is 5.11 Å². The SMILES string of the molecule is Cc1c(C#N)c(O)n(CC(C)C)c(=O)c1N=Nc1ccc([N+](=O)[O-])cc1. The molecule has 1 N–H and O–H groups in total. The lowest BCUT2D eigenvalue weighted by atomic mass is 10.1. The highest BCUT2D eigenvalue weighted by molar-refractivity contribution is 5.57. The van der Waals surface area contributed by atoms with Crippen molar-refractivity contribution < 1.29 is 10.0 Å². The van der Waals surface area contributed by atoms with Crippen molar-refractivity contribution in [2.24, 2.45) is 16.1 Å². The van der Waals surface area contributed by atoms with Gasteiger partial charge in [0.15, 0.2) is 5.69 Å². The van der Waals surface area contributed by atoms with Crippen LogP contribution in [0.4, 0.5) is 17.1 Å². The van der Waals surface area contributed by atoms with Gasteiger partial charge in [-0.2, -0.15) is 10.4 Å². The fraction of sp³-hybridized carbons (Fsp3) is 0.294. The van der Waals surface area contributed by atoms with Gasteiger partial charge in [-0.25, -0.2) is 0 Å². The fourth-order valence-corrected chi connectivity index (χ4v) is 2.34. The van der Waals surface area contributed by atoms with Crippen molar-refractivity contribution in [2.75, 3.05) is 0 Å². The second kappa shape index (κ2) is 7.57. The number of nitriles is 1. The first-order chi connectivity index (χ1) is 12.3. The lowest BCUT2D eigenvalue weighted by Crippen LogP contribution is -2.24. The van der Waals surface area contributed by atoms with E-state index >= 15 is 0 Å². The summed E-state index contributed by atoms with van der Waals surface area (Å²) < 4.78 is 1.10. The molecule has 9 heteroatoms. The monoisotopic (exact) mass is 355 g/mol. The van der Waals surface area contributed by atoms with E-state index in [0.29, 0.717) is 5.69 Å². The van der Waals surface area contributed by atoms with Gasteiger partial charge in [0.25, 0.3) is 11.2 Å². The van der Waals surface area contributed by atoms with E-state index in [4.69, 9.17) is 0 Å². The van der Waals surface area contributed by atoms with Crippen molar-refractivity contribution in [2.45, 2.75) is 27.3 Å². The second-order valence-electron chi connectivity index (χ2n) is 6.07. The van der Waals surface area contributed by atoms with E-state index in [9.17, 15) is 25.3 Å². The third-order valence-electron chi connectivity index (χ3n) is 3.64. The molecule has 0 spiro atoms. The molecule has 0 aliphatic carbocycles. The Bertz CT molecular complexity index is 969. The maximum absolute atomic E-state index is 12.6. The number of pyridine rings is 1. The number of azo groups is 1. The summed E-state index contributed by atoms with van der Waals surface area (Å²) in [6.07, 6.45) is 0. The zero-order valence-corrected chi connectivity index (χ0v) is 14.5. The third kappa shape index (κ3) is 3.75. The molecule has 0 atom stereocenters. The summed E-state index contributed by atoms with van der Waals surface area (Å²) in [4.78, 5) is 22.8. The van der Waals surface area contributed by atoms with Crippen LogP contribution in [0.1, 0.15) is 25.0 Å². The van der Waals surface area contributed by atoms with Crippen molar-refractivity contribution in [3.05, 3.63) is 55.9 Å². The molecule has 1 aromatic carbocycles. The van der Waals surface area contributed by atoms with Gasteiger partial charge in [-0.3, -0.25) is 19.5 Å². The molecule has 2 aromatic rings. The number of rotatable bonds is 5. The molecular formula is C17H17N5O4. The predicted molar refractivity (Wildman–Crippen MR) is 93.9 cm³/mol. The summed E-state index contributed by atoms with van der Waals surface area (Å²) >= 11 is 0. The molecule has 0 saturated heterocycles. The molecule has 26 heavy (non-hydrogen) atoms. The van der Waals surface area contributed by atoms with Gasteiger partial charge < -0.3 is 5.11 Å².